The minimum absolute atomic E-state index is 0.0237. The van der Waals surface area contributed by atoms with Gasteiger partial charge in [0.2, 0.25) is 11.8 Å². The van der Waals surface area contributed by atoms with Crippen molar-refractivity contribution >= 4 is 11.8 Å². The van der Waals surface area contributed by atoms with Crippen molar-refractivity contribution in [3.63, 3.8) is 0 Å². The van der Waals surface area contributed by atoms with Crippen LogP contribution >= 0.6 is 0 Å². The second kappa shape index (κ2) is 6.92. The standard InChI is InChI=1S/C17H25N3O2/c1-12(2)15(18)16(22)19-10-14(21)20-11-17(8-9-17)13-6-4-3-5-7-13/h3-7,12,15H,8-11,18H2,1-2H3,(H,19,22)(H,20,21)/t15-/m0/s1. The SMILES string of the molecule is CC(C)[C@H](N)C(=O)NCC(=O)NCC1(c2ccccc2)CC1. The summed E-state index contributed by atoms with van der Waals surface area (Å²) in [6.07, 6.45) is 2.17. The molecule has 5 heteroatoms. The fourth-order valence-electron chi connectivity index (χ4n) is 2.43. The van der Waals surface area contributed by atoms with Gasteiger partial charge in [-0.2, -0.15) is 0 Å². The van der Waals surface area contributed by atoms with Gasteiger partial charge in [-0.05, 0) is 24.3 Å². The number of nitrogens with two attached hydrogens (primary N) is 1. The predicted octanol–water partition coefficient (Wildman–Crippen LogP) is 0.934. The predicted molar refractivity (Wildman–Crippen MR) is 86.2 cm³/mol. The van der Waals surface area contributed by atoms with E-state index in [1.54, 1.807) is 0 Å². The largest absolute Gasteiger partial charge is 0.354 e. The maximum Gasteiger partial charge on any atom is 0.239 e. The Morgan fingerprint density at radius 2 is 1.82 bits per heavy atom. The van der Waals surface area contributed by atoms with Gasteiger partial charge in [0, 0.05) is 12.0 Å². The van der Waals surface area contributed by atoms with Crippen LogP contribution in [0.4, 0.5) is 0 Å². The molecule has 0 unspecified atom stereocenters. The highest BCUT2D eigenvalue weighted by atomic mass is 16.2. The Balaban J connectivity index is 1.76. The molecule has 2 amide bonds. The summed E-state index contributed by atoms with van der Waals surface area (Å²) in [6.45, 7) is 4.34. The lowest BCUT2D eigenvalue weighted by atomic mass is 9.96. The quantitative estimate of drug-likeness (QED) is 0.701. The molecule has 120 valence electrons. The first-order chi connectivity index (χ1) is 10.4. The first kappa shape index (κ1) is 16.5. The van der Waals surface area contributed by atoms with Crippen LogP contribution in [0.3, 0.4) is 0 Å². The fraction of sp³-hybridized carbons (Fsp3) is 0.529. The van der Waals surface area contributed by atoms with Crippen LogP contribution in [0.2, 0.25) is 0 Å². The maximum atomic E-state index is 11.9. The highest BCUT2D eigenvalue weighted by Gasteiger charge is 2.44. The molecule has 1 saturated carbocycles. The van der Waals surface area contributed by atoms with Gasteiger partial charge < -0.3 is 16.4 Å². The molecule has 4 N–H and O–H groups in total. The lowest BCUT2D eigenvalue weighted by molar-refractivity contribution is -0.127. The van der Waals surface area contributed by atoms with Crippen LogP contribution in [0.15, 0.2) is 30.3 Å². The van der Waals surface area contributed by atoms with Gasteiger partial charge in [0.1, 0.15) is 0 Å². The Morgan fingerprint density at radius 1 is 1.18 bits per heavy atom. The third-order valence-electron chi connectivity index (χ3n) is 4.31. The summed E-state index contributed by atoms with van der Waals surface area (Å²) >= 11 is 0. The van der Waals surface area contributed by atoms with E-state index in [9.17, 15) is 9.59 Å². The number of nitrogens with one attached hydrogen (secondary N) is 2. The molecule has 0 spiro atoms. The zero-order chi connectivity index (χ0) is 16.2. The average molecular weight is 303 g/mol. The first-order valence-corrected chi connectivity index (χ1v) is 7.80. The van der Waals surface area contributed by atoms with E-state index >= 15 is 0 Å². The Bertz CT molecular complexity index is 524. The van der Waals surface area contributed by atoms with Crippen molar-refractivity contribution in [2.24, 2.45) is 11.7 Å². The number of benzene rings is 1. The first-order valence-electron chi connectivity index (χ1n) is 7.80. The molecule has 0 radical (unpaired) electrons. The summed E-state index contributed by atoms with van der Waals surface area (Å²) in [5.74, 6) is -0.406. The molecule has 0 heterocycles. The van der Waals surface area contributed by atoms with Crippen LogP contribution in [0.5, 0.6) is 0 Å². The third-order valence-corrected chi connectivity index (χ3v) is 4.31. The van der Waals surface area contributed by atoms with Gasteiger partial charge in [-0.3, -0.25) is 9.59 Å². The third kappa shape index (κ3) is 4.07. The summed E-state index contributed by atoms with van der Waals surface area (Å²) in [4.78, 5) is 23.6. The van der Waals surface area contributed by atoms with E-state index in [0.717, 1.165) is 12.8 Å². The second-order valence-corrected chi connectivity index (χ2v) is 6.41. The van der Waals surface area contributed by atoms with E-state index in [1.807, 2.05) is 32.0 Å². The summed E-state index contributed by atoms with van der Waals surface area (Å²) in [7, 11) is 0. The van der Waals surface area contributed by atoms with Gasteiger partial charge in [-0.1, -0.05) is 44.2 Å². The molecule has 1 aromatic carbocycles. The van der Waals surface area contributed by atoms with Gasteiger partial charge in [-0.25, -0.2) is 0 Å². The lowest BCUT2D eigenvalue weighted by Crippen LogP contribution is -2.47. The Hall–Kier alpha value is -1.88. The molecule has 0 saturated heterocycles. The summed E-state index contributed by atoms with van der Waals surface area (Å²) in [5, 5.41) is 5.50. The maximum absolute atomic E-state index is 11.9. The van der Waals surface area contributed by atoms with Crippen LogP contribution in [0.1, 0.15) is 32.3 Å². The van der Waals surface area contributed by atoms with Crippen LogP contribution in [0, 0.1) is 5.92 Å². The highest BCUT2D eigenvalue weighted by molar-refractivity contribution is 5.87. The van der Waals surface area contributed by atoms with Crippen molar-refractivity contribution in [3.8, 4) is 0 Å². The number of hydrogen-bond donors (Lipinski definition) is 3. The van der Waals surface area contributed by atoms with Crippen molar-refractivity contribution < 1.29 is 9.59 Å². The smallest absolute Gasteiger partial charge is 0.239 e. The van der Waals surface area contributed by atoms with Crippen molar-refractivity contribution in [2.75, 3.05) is 13.1 Å². The van der Waals surface area contributed by atoms with Gasteiger partial charge in [-0.15, -0.1) is 0 Å². The minimum Gasteiger partial charge on any atom is -0.354 e. The Morgan fingerprint density at radius 3 is 2.36 bits per heavy atom. The highest BCUT2D eigenvalue weighted by Crippen LogP contribution is 2.47. The molecule has 5 nitrogen and oxygen atoms in total. The van der Waals surface area contributed by atoms with Crippen molar-refractivity contribution in [2.45, 2.75) is 38.1 Å². The number of carbonyl (C=O) groups is 2. The molecule has 22 heavy (non-hydrogen) atoms. The van der Waals surface area contributed by atoms with E-state index in [0.29, 0.717) is 6.54 Å². The van der Waals surface area contributed by atoms with Crippen LogP contribution < -0.4 is 16.4 Å². The van der Waals surface area contributed by atoms with Crippen molar-refractivity contribution in [3.05, 3.63) is 35.9 Å². The summed E-state index contributed by atoms with van der Waals surface area (Å²) < 4.78 is 0. The molecule has 0 aliphatic heterocycles. The van der Waals surface area contributed by atoms with Gasteiger partial charge in [0.15, 0.2) is 0 Å². The van der Waals surface area contributed by atoms with Crippen LogP contribution in [0.25, 0.3) is 0 Å². The van der Waals surface area contributed by atoms with Gasteiger partial charge in [0.25, 0.3) is 0 Å². The summed E-state index contributed by atoms with van der Waals surface area (Å²) in [6, 6.07) is 9.65. The number of rotatable bonds is 7. The Labute approximate surface area is 131 Å². The monoisotopic (exact) mass is 303 g/mol. The van der Waals surface area contributed by atoms with E-state index in [2.05, 4.69) is 22.8 Å². The second-order valence-electron chi connectivity index (χ2n) is 6.41. The van der Waals surface area contributed by atoms with E-state index in [4.69, 9.17) is 5.73 Å². The minimum atomic E-state index is -0.577. The molecule has 1 aromatic rings. The lowest BCUT2D eigenvalue weighted by Gasteiger charge is -2.18. The average Bonchev–Trinajstić information content (AvgIpc) is 3.32. The van der Waals surface area contributed by atoms with E-state index < -0.39 is 6.04 Å². The molecule has 0 bridgehead atoms. The molecule has 1 atom stereocenters. The van der Waals surface area contributed by atoms with E-state index in [1.165, 1.54) is 5.56 Å². The topological polar surface area (TPSA) is 84.2 Å². The van der Waals surface area contributed by atoms with Crippen molar-refractivity contribution in [1.82, 2.24) is 10.6 Å². The normalized spacial score (nSPS) is 16.9. The number of hydrogen-bond acceptors (Lipinski definition) is 3. The van der Waals surface area contributed by atoms with Gasteiger partial charge in [0.05, 0.1) is 12.6 Å². The van der Waals surface area contributed by atoms with Crippen LogP contribution in [-0.2, 0) is 15.0 Å². The molecule has 1 fully saturated rings. The zero-order valence-corrected chi connectivity index (χ0v) is 13.3. The molecule has 2 rings (SSSR count). The molecular formula is C17H25N3O2. The summed E-state index contributed by atoms with van der Waals surface area (Å²) in [5.41, 5.74) is 7.08. The fourth-order valence-corrected chi connectivity index (χ4v) is 2.43. The molecule has 1 aliphatic rings. The molecular weight excluding hydrogens is 278 g/mol. The number of carbonyl (C=O) groups excluding carboxylic acids is 2. The zero-order valence-electron chi connectivity index (χ0n) is 13.3. The van der Waals surface area contributed by atoms with E-state index in [-0.39, 0.29) is 29.7 Å². The van der Waals surface area contributed by atoms with Crippen LogP contribution in [-0.4, -0.2) is 30.9 Å². The molecule has 0 aromatic heterocycles. The number of amides is 2. The Kier molecular flexibility index (Phi) is 5.19. The van der Waals surface area contributed by atoms with Gasteiger partial charge >= 0.3 is 0 Å². The van der Waals surface area contributed by atoms with Crippen molar-refractivity contribution in [1.29, 1.82) is 0 Å². The molecule has 1 aliphatic carbocycles.